The summed E-state index contributed by atoms with van der Waals surface area (Å²) in [5, 5.41) is 15.1. The minimum Gasteiger partial charge on any atom is -0.370 e. The predicted molar refractivity (Wildman–Crippen MR) is 87.8 cm³/mol. The van der Waals surface area contributed by atoms with Crippen molar-refractivity contribution in [2.24, 2.45) is 21.7 Å². The second-order valence-electron chi connectivity index (χ2n) is 4.61. The molecule has 0 atom stereocenters. The Morgan fingerprint density at radius 2 is 2.09 bits per heavy atom. The molecule has 0 saturated carbocycles. The SMILES string of the molecule is CCN(CCn1ccnn1)c1ccc(C=NN=C(N)N)cc1. The van der Waals surface area contributed by atoms with Crippen molar-refractivity contribution in [3.8, 4) is 0 Å². The minimum atomic E-state index is -0.0573. The molecule has 0 unspecified atom stereocenters. The molecule has 0 saturated heterocycles. The van der Waals surface area contributed by atoms with E-state index in [-0.39, 0.29) is 5.96 Å². The Hall–Kier alpha value is -2.90. The van der Waals surface area contributed by atoms with Gasteiger partial charge in [0.2, 0.25) is 5.96 Å². The summed E-state index contributed by atoms with van der Waals surface area (Å²) in [6.45, 7) is 4.69. The van der Waals surface area contributed by atoms with E-state index in [1.54, 1.807) is 12.4 Å². The third-order valence-electron chi connectivity index (χ3n) is 3.09. The number of hydrogen-bond acceptors (Lipinski definition) is 5. The van der Waals surface area contributed by atoms with E-state index in [1.807, 2.05) is 35.1 Å². The van der Waals surface area contributed by atoms with Crippen LogP contribution in [0.1, 0.15) is 12.5 Å². The van der Waals surface area contributed by atoms with Crippen molar-refractivity contribution in [1.82, 2.24) is 15.0 Å². The van der Waals surface area contributed by atoms with Gasteiger partial charge in [-0.3, -0.25) is 4.68 Å². The largest absolute Gasteiger partial charge is 0.370 e. The molecular formula is C14H20N8. The molecule has 0 amide bonds. The fourth-order valence-corrected chi connectivity index (χ4v) is 1.98. The van der Waals surface area contributed by atoms with E-state index in [0.29, 0.717) is 0 Å². The van der Waals surface area contributed by atoms with Crippen molar-refractivity contribution >= 4 is 17.9 Å². The summed E-state index contributed by atoms with van der Waals surface area (Å²) in [6.07, 6.45) is 5.15. The molecule has 8 nitrogen and oxygen atoms in total. The van der Waals surface area contributed by atoms with Gasteiger partial charge in [0.1, 0.15) is 0 Å². The first-order valence-corrected chi connectivity index (χ1v) is 7.00. The van der Waals surface area contributed by atoms with Gasteiger partial charge in [-0.1, -0.05) is 17.3 Å². The van der Waals surface area contributed by atoms with Crippen LogP contribution in [0, 0.1) is 0 Å². The highest BCUT2D eigenvalue weighted by atomic mass is 15.4. The van der Waals surface area contributed by atoms with E-state index in [9.17, 15) is 0 Å². The number of nitrogens with two attached hydrogens (primary N) is 2. The Balaban J connectivity index is 1.97. The van der Waals surface area contributed by atoms with Gasteiger partial charge in [0.15, 0.2) is 0 Å². The van der Waals surface area contributed by atoms with E-state index in [0.717, 1.165) is 30.9 Å². The average molecular weight is 300 g/mol. The minimum absolute atomic E-state index is 0.0573. The molecule has 0 spiro atoms. The molecule has 0 aliphatic rings. The van der Waals surface area contributed by atoms with Gasteiger partial charge < -0.3 is 16.4 Å². The third-order valence-corrected chi connectivity index (χ3v) is 3.09. The molecule has 1 heterocycles. The summed E-state index contributed by atoms with van der Waals surface area (Å²) in [6, 6.07) is 8.03. The number of likely N-dealkylation sites (N-methyl/N-ethyl adjacent to an activating group) is 1. The maximum atomic E-state index is 5.21. The number of guanidine groups is 1. The number of aromatic nitrogens is 3. The zero-order chi connectivity index (χ0) is 15.8. The summed E-state index contributed by atoms with van der Waals surface area (Å²) >= 11 is 0. The molecule has 22 heavy (non-hydrogen) atoms. The summed E-state index contributed by atoms with van der Waals surface area (Å²) in [4.78, 5) is 2.26. The molecule has 4 N–H and O–H groups in total. The molecule has 0 aliphatic heterocycles. The number of anilines is 1. The van der Waals surface area contributed by atoms with Crippen LogP contribution in [0.15, 0.2) is 46.9 Å². The van der Waals surface area contributed by atoms with Crippen LogP contribution in [0.3, 0.4) is 0 Å². The quantitative estimate of drug-likeness (QED) is 0.437. The van der Waals surface area contributed by atoms with Crippen molar-refractivity contribution < 1.29 is 0 Å². The lowest BCUT2D eigenvalue weighted by molar-refractivity contribution is 0.579. The molecular weight excluding hydrogens is 280 g/mol. The maximum absolute atomic E-state index is 5.21. The van der Waals surface area contributed by atoms with Gasteiger partial charge >= 0.3 is 0 Å². The lowest BCUT2D eigenvalue weighted by Gasteiger charge is -2.23. The van der Waals surface area contributed by atoms with Crippen molar-refractivity contribution in [1.29, 1.82) is 0 Å². The fraction of sp³-hybridized carbons (Fsp3) is 0.286. The average Bonchev–Trinajstić information content (AvgIpc) is 3.02. The van der Waals surface area contributed by atoms with Crippen molar-refractivity contribution in [3.63, 3.8) is 0 Å². The van der Waals surface area contributed by atoms with Gasteiger partial charge in [-0.15, -0.1) is 10.2 Å². The fourth-order valence-electron chi connectivity index (χ4n) is 1.98. The zero-order valence-electron chi connectivity index (χ0n) is 12.5. The summed E-state index contributed by atoms with van der Waals surface area (Å²) < 4.78 is 1.82. The molecule has 0 radical (unpaired) electrons. The van der Waals surface area contributed by atoms with Crippen LogP contribution in [-0.2, 0) is 6.54 Å². The molecule has 0 fully saturated rings. The standard InChI is InChI=1S/C14H20N8/c1-2-21(9-10-22-8-7-17-20-22)13-5-3-12(4-6-13)11-18-19-14(15)16/h3-8,11H,2,9-10H2,1H3,(H4,15,16,19). The number of benzene rings is 1. The van der Waals surface area contributed by atoms with Gasteiger partial charge in [-0.2, -0.15) is 5.10 Å². The van der Waals surface area contributed by atoms with Crippen LogP contribution in [0.4, 0.5) is 5.69 Å². The van der Waals surface area contributed by atoms with E-state index in [2.05, 4.69) is 32.3 Å². The first-order valence-electron chi connectivity index (χ1n) is 7.00. The smallest absolute Gasteiger partial charge is 0.211 e. The Morgan fingerprint density at radius 3 is 2.68 bits per heavy atom. The lowest BCUT2D eigenvalue weighted by Crippen LogP contribution is -2.27. The zero-order valence-corrected chi connectivity index (χ0v) is 12.5. The Bertz CT molecular complexity index is 611. The lowest BCUT2D eigenvalue weighted by atomic mass is 10.2. The van der Waals surface area contributed by atoms with Crippen LogP contribution in [0.5, 0.6) is 0 Å². The first kappa shape index (κ1) is 15.5. The topological polar surface area (TPSA) is 111 Å². The second-order valence-corrected chi connectivity index (χ2v) is 4.61. The molecule has 1 aromatic heterocycles. The van der Waals surface area contributed by atoms with Crippen LogP contribution in [0.25, 0.3) is 0 Å². The van der Waals surface area contributed by atoms with Gasteiger partial charge in [0.25, 0.3) is 0 Å². The molecule has 8 heteroatoms. The van der Waals surface area contributed by atoms with Crippen molar-refractivity contribution in [2.45, 2.75) is 13.5 Å². The molecule has 0 aliphatic carbocycles. The number of rotatable bonds is 7. The molecule has 2 rings (SSSR count). The highest BCUT2D eigenvalue weighted by molar-refractivity contribution is 5.82. The monoisotopic (exact) mass is 300 g/mol. The van der Waals surface area contributed by atoms with Gasteiger partial charge in [0.05, 0.1) is 19.0 Å². The highest BCUT2D eigenvalue weighted by Gasteiger charge is 2.04. The summed E-state index contributed by atoms with van der Waals surface area (Å²) in [5.41, 5.74) is 12.5. The Labute approximate surface area is 129 Å². The van der Waals surface area contributed by atoms with Crippen LogP contribution >= 0.6 is 0 Å². The van der Waals surface area contributed by atoms with E-state index < -0.39 is 0 Å². The molecule has 2 aromatic rings. The predicted octanol–water partition coefficient (Wildman–Crippen LogP) is 0.412. The highest BCUT2D eigenvalue weighted by Crippen LogP contribution is 2.14. The first-order chi connectivity index (χ1) is 10.7. The van der Waals surface area contributed by atoms with Crippen LogP contribution in [-0.4, -0.2) is 40.3 Å². The normalized spacial score (nSPS) is 10.8. The van der Waals surface area contributed by atoms with E-state index >= 15 is 0 Å². The number of hydrogen-bond donors (Lipinski definition) is 2. The van der Waals surface area contributed by atoms with E-state index in [1.165, 1.54) is 0 Å². The summed E-state index contributed by atoms with van der Waals surface area (Å²) in [7, 11) is 0. The Morgan fingerprint density at radius 1 is 1.32 bits per heavy atom. The molecule has 116 valence electrons. The third kappa shape index (κ3) is 4.58. The van der Waals surface area contributed by atoms with Crippen LogP contribution < -0.4 is 16.4 Å². The maximum Gasteiger partial charge on any atom is 0.211 e. The second kappa shape index (κ2) is 7.77. The molecule has 0 bridgehead atoms. The number of nitrogens with zero attached hydrogens (tertiary/aromatic N) is 6. The summed E-state index contributed by atoms with van der Waals surface area (Å²) in [5.74, 6) is -0.0573. The van der Waals surface area contributed by atoms with Gasteiger partial charge in [0, 0.05) is 25.0 Å². The van der Waals surface area contributed by atoms with Crippen molar-refractivity contribution in [2.75, 3.05) is 18.0 Å². The van der Waals surface area contributed by atoms with Crippen molar-refractivity contribution in [3.05, 3.63) is 42.2 Å². The van der Waals surface area contributed by atoms with Gasteiger partial charge in [-0.25, -0.2) is 0 Å². The van der Waals surface area contributed by atoms with Crippen LogP contribution in [0.2, 0.25) is 0 Å². The van der Waals surface area contributed by atoms with Gasteiger partial charge in [-0.05, 0) is 24.6 Å². The molecule has 1 aromatic carbocycles. The van der Waals surface area contributed by atoms with E-state index in [4.69, 9.17) is 11.5 Å². The Kier molecular flexibility index (Phi) is 5.47.